The smallest absolute Gasteiger partial charge is 0.124 e. The molecule has 19 heavy (non-hydrogen) atoms. The summed E-state index contributed by atoms with van der Waals surface area (Å²) in [5.74, 6) is 1.49. The summed E-state index contributed by atoms with van der Waals surface area (Å²) < 4.78 is 11.5. The molecule has 0 heterocycles. The Balaban J connectivity index is 2.70. The molecule has 0 saturated heterocycles. The molecule has 2 unspecified atom stereocenters. The second kappa shape index (κ2) is 8.94. The summed E-state index contributed by atoms with van der Waals surface area (Å²) in [5, 5.41) is 3.19. The van der Waals surface area contributed by atoms with Gasteiger partial charge in [0.2, 0.25) is 0 Å². The van der Waals surface area contributed by atoms with E-state index in [9.17, 15) is 0 Å². The van der Waals surface area contributed by atoms with Gasteiger partial charge in [0.25, 0.3) is 0 Å². The third-order valence-corrected chi connectivity index (χ3v) is 3.24. The van der Waals surface area contributed by atoms with Crippen LogP contribution in [0, 0.1) is 5.92 Å². The molecule has 1 rings (SSSR count). The van der Waals surface area contributed by atoms with Crippen LogP contribution in [0.3, 0.4) is 0 Å². The van der Waals surface area contributed by atoms with E-state index in [1.807, 2.05) is 25.2 Å². The highest BCUT2D eigenvalue weighted by Crippen LogP contribution is 2.27. The minimum Gasteiger partial charge on any atom is -0.496 e. The van der Waals surface area contributed by atoms with Crippen LogP contribution >= 0.6 is 0 Å². The van der Waals surface area contributed by atoms with Gasteiger partial charge in [-0.05, 0) is 25.5 Å². The van der Waals surface area contributed by atoms with Crippen molar-refractivity contribution in [3.05, 3.63) is 29.8 Å². The minimum atomic E-state index is 0.0421. The van der Waals surface area contributed by atoms with Crippen LogP contribution in [0.15, 0.2) is 24.3 Å². The molecule has 0 aliphatic rings. The second-order valence-electron chi connectivity index (χ2n) is 5.02. The molecule has 0 amide bonds. The van der Waals surface area contributed by atoms with Gasteiger partial charge in [0.1, 0.15) is 5.75 Å². The summed E-state index contributed by atoms with van der Waals surface area (Å²) in [6, 6.07) is 8.07. The lowest BCUT2D eigenvalue weighted by atomic mass is 10.1. The number of hydrogen-bond acceptors (Lipinski definition) is 3. The van der Waals surface area contributed by atoms with Gasteiger partial charge in [0.05, 0.1) is 19.8 Å². The molecule has 2 atom stereocenters. The molecule has 1 aromatic rings. The van der Waals surface area contributed by atoms with E-state index in [2.05, 4.69) is 25.2 Å². The summed E-state index contributed by atoms with van der Waals surface area (Å²) in [7, 11) is 3.65. The van der Waals surface area contributed by atoms with Crippen molar-refractivity contribution < 1.29 is 9.47 Å². The van der Waals surface area contributed by atoms with Gasteiger partial charge in [-0.2, -0.15) is 0 Å². The Kier molecular flexibility index (Phi) is 7.53. The molecule has 108 valence electrons. The zero-order valence-corrected chi connectivity index (χ0v) is 12.6. The molecule has 0 bridgehead atoms. The molecule has 0 radical (unpaired) electrons. The van der Waals surface area contributed by atoms with Gasteiger partial charge >= 0.3 is 0 Å². The van der Waals surface area contributed by atoms with Crippen molar-refractivity contribution in [3.8, 4) is 5.75 Å². The lowest BCUT2D eigenvalue weighted by molar-refractivity contribution is 0.0297. The Bertz CT molecular complexity index is 354. The van der Waals surface area contributed by atoms with Crippen molar-refractivity contribution in [2.75, 3.05) is 27.3 Å². The van der Waals surface area contributed by atoms with Crippen molar-refractivity contribution in [2.24, 2.45) is 5.92 Å². The van der Waals surface area contributed by atoms with Crippen LogP contribution in [-0.4, -0.2) is 27.3 Å². The Labute approximate surface area is 117 Å². The molecule has 0 aromatic heterocycles. The SMILES string of the molecule is CCCC(C)COC(CNC)c1ccccc1OC. The van der Waals surface area contributed by atoms with Gasteiger partial charge in [0.15, 0.2) is 0 Å². The van der Waals surface area contributed by atoms with E-state index in [4.69, 9.17) is 9.47 Å². The molecule has 3 nitrogen and oxygen atoms in total. The average molecular weight is 265 g/mol. The number of ether oxygens (including phenoxy) is 2. The summed E-state index contributed by atoms with van der Waals surface area (Å²) in [6.07, 6.45) is 2.45. The first-order valence-electron chi connectivity index (χ1n) is 7.12. The summed E-state index contributed by atoms with van der Waals surface area (Å²) in [5.41, 5.74) is 1.11. The molecular weight excluding hydrogens is 238 g/mol. The van der Waals surface area contributed by atoms with Gasteiger partial charge < -0.3 is 14.8 Å². The first-order chi connectivity index (χ1) is 9.22. The van der Waals surface area contributed by atoms with E-state index in [1.54, 1.807) is 7.11 Å². The third kappa shape index (κ3) is 5.21. The Morgan fingerprint density at radius 1 is 1.26 bits per heavy atom. The van der Waals surface area contributed by atoms with Crippen LogP contribution < -0.4 is 10.1 Å². The van der Waals surface area contributed by atoms with Crippen LogP contribution in [0.2, 0.25) is 0 Å². The van der Waals surface area contributed by atoms with E-state index in [0.717, 1.165) is 24.5 Å². The van der Waals surface area contributed by atoms with Crippen molar-refractivity contribution in [3.63, 3.8) is 0 Å². The lowest BCUT2D eigenvalue weighted by Crippen LogP contribution is -2.22. The topological polar surface area (TPSA) is 30.5 Å². The third-order valence-electron chi connectivity index (χ3n) is 3.24. The normalized spacial score (nSPS) is 14.1. The molecule has 0 fully saturated rings. The second-order valence-corrected chi connectivity index (χ2v) is 5.02. The molecule has 0 spiro atoms. The number of likely N-dealkylation sites (N-methyl/N-ethyl adjacent to an activating group) is 1. The van der Waals surface area contributed by atoms with E-state index >= 15 is 0 Å². The van der Waals surface area contributed by atoms with Gasteiger partial charge in [-0.25, -0.2) is 0 Å². The Hall–Kier alpha value is -1.06. The number of nitrogens with one attached hydrogen (secondary N) is 1. The summed E-state index contributed by atoms with van der Waals surface area (Å²) in [4.78, 5) is 0. The van der Waals surface area contributed by atoms with Crippen LogP contribution in [0.25, 0.3) is 0 Å². The molecule has 0 aliphatic carbocycles. The molecular formula is C16H27NO2. The monoisotopic (exact) mass is 265 g/mol. The largest absolute Gasteiger partial charge is 0.496 e. The molecule has 0 aliphatic heterocycles. The fraction of sp³-hybridized carbons (Fsp3) is 0.625. The highest BCUT2D eigenvalue weighted by molar-refractivity contribution is 5.35. The van der Waals surface area contributed by atoms with Crippen LogP contribution in [0.1, 0.15) is 38.4 Å². The molecule has 1 aromatic carbocycles. The zero-order valence-electron chi connectivity index (χ0n) is 12.6. The standard InChI is InChI=1S/C16H27NO2/c1-5-8-13(2)12-19-16(11-17-3)14-9-6-7-10-15(14)18-4/h6-7,9-10,13,16-17H,5,8,11-12H2,1-4H3. The zero-order chi connectivity index (χ0) is 14.1. The fourth-order valence-electron chi connectivity index (χ4n) is 2.23. The van der Waals surface area contributed by atoms with Gasteiger partial charge in [0, 0.05) is 12.1 Å². The number of rotatable bonds is 9. The van der Waals surface area contributed by atoms with Crippen LogP contribution in [0.5, 0.6) is 5.75 Å². The van der Waals surface area contributed by atoms with Crippen molar-refractivity contribution in [1.29, 1.82) is 0 Å². The molecule has 3 heteroatoms. The van der Waals surface area contributed by atoms with Crippen molar-refractivity contribution in [1.82, 2.24) is 5.32 Å². The number of methoxy groups -OCH3 is 1. The Morgan fingerprint density at radius 3 is 2.63 bits per heavy atom. The maximum atomic E-state index is 6.08. The van der Waals surface area contributed by atoms with E-state index in [1.165, 1.54) is 12.8 Å². The van der Waals surface area contributed by atoms with Gasteiger partial charge in [-0.15, -0.1) is 0 Å². The molecule has 0 saturated carbocycles. The van der Waals surface area contributed by atoms with Crippen molar-refractivity contribution in [2.45, 2.75) is 32.8 Å². The van der Waals surface area contributed by atoms with E-state index in [0.29, 0.717) is 5.92 Å². The van der Waals surface area contributed by atoms with Crippen LogP contribution in [0.4, 0.5) is 0 Å². The predicted molar refractivity (Wildman–Crippen MR) is 79.7 cm³/mol. The maximum Gasteiger partial charge on any atom is 0.124 e. The van der Waals surface area contributed by atoms with Crippen LogP contribution in [-0.2, 0) is 4.74 Å². The van der Waals surface area contributed by atoms with E-state index < -0.39 is 0 Å². The average Bonchev–Trinajstić information content (AvgIpc) is 2.43. The van der Waals surface area contributed by atoms with Gasteiger partial charge in [-0.3, -0.25) is 0 Å². The highest BCUT2D eigenvalue weighted by Gasteiger charge is 2.16. The van der Waals surface area contributed by atoms with Gasteiger partial charge in [-0.1, -0.05) is 38.5 Å². The number of para-hydroxylation sites is 1. The maximum absolute atomic E-state index is 6.08. The van der Waals surface area contributed by atoms with Crippen molar-refractivity contribution >= 4 is 0 Å². The minimum absolute atomic E-state index is 0.0421. The highest BCUT2D eigenvalue weighted by atomic mass is 16.5. The quantitative estimate of drug-likeness (QED) is 0.742. The number of benzene rings is 1. The fourth-order valence-corrected chi connectivity index (χ4v) is 2.23. The number of hydrogen-bond donors (Lipinski definition) is 1. The molecule has 1 N–H and O–H groups in total. The summed E-state index contributed by atoms with van der Waals surface area (Å²) in [6.45, 7) is 6.03. The first-order valence-corrected chi connectivity index (χ1v) is 7.12. The first kappa shape index (κ1) is 16.0. The predicted octanol–water partition coefficient (Wildman–Crippen LogP) is 3.41. The van der Waals surface area contributed by atoms with E-state index in [-0.39, 0.29) is 6.10 Å². The summed E-state index contributed by atoms with van der Waals surface area (Å²) >= 11 is 0. The Morgan fingerprint density at radius 2 is 2.00 bits per heavy atom. The lowest BCUT2D eigenvalue weighted by Gasteiger charge is -2.22.